The van der Waals surface area contributed by atoms with Gasteiger partial charge in [-0.15, -0.1) is 0 Å². The van der Waals surface area contributed by atoms with E-state index in [-0.39, 0.29) is 6.04 Å². The Morgan fingerprint density at radius 1 is 0.882 bits per heavy atom. The first-order chi connectivity index (χ1) is 16.3. The van der Waals surface area contributed by atoms with E-state index < -0.39 is 10.0 Å². The Bertz CT molecular complexity index is 1190. The Kier molecular flexibility index (Phi) is 7.44. The highest BCUT2D eigenvalue weighted by molar-refractivity contribution is 7.93. The Morgan fingerprint density at radius 2 is 1.50 bits per heavy atom. The summed E-state index contributed by atoms with van der Waals surface area (Å²) in [7, 11) is -3.67. The van der Waals surface area contributed by atoms with Crippen LogP contribution in [0, 0.1) is 13.8 Å². The third kappa shape index (κ3) is 5.37. The van der Waals surface area contributed by atoms with E-state index >= 15 is 0 Å². The third-order valence-corrected chi connectivity index (χ3v) is 8.90. The minimum atomic E-state index is -3.67. The molecule has 0 amide bonds. The molecule has 0 aromatic heterocycles. The van der Waals surface area contributed by atoms with Crippen LogP contribution in [0.2, 0.25) is 0 Å². The molecule has 0 aliphatic carbocycles. The van der Waals surface area contributed by atoms with Gasteiger partial charge in [-0.25, -0.2) is 8.42 Å². The summed E-state index contributed by atoms with van der Waals surface area (Å²) in [5.74, 6) is 0.535. The van der Waals surface area contributed by atoms with Gasteiger partial charge in [0.15, 0.2) is 0 Å². The third-order valence-electron chi connectivity index (χ3n) is 6.86. The second-order valence-electron chi connectivity index (χ2n) is 9.81. The Morgan fingerprint density at radius 3 is 2.09 bits per heavy atom. The normalized spacial score (nSPS) is 15.6. The molecule has 3 aromatic rings. The maximum absolute atomic E-state index is 13.9. The van der Waals surface area contributed by atoms with Crippen LogP contribution >= 0.6 is 0 Å². The van der Waals surface area contributed by atoms with Gasteiger partial charge in [0.1, 0.15) is 0 Å². The summed E-state index contributed by atoms with van der Waals surface area (Å²) in [4.78, 5) is 2.83. The number of aryl methyl sites for hydroxylation is 2. The molecule has 0 spiro atoms. The summed E-state index contributed by atoms with van der Waals surface area (Å²) < 4.78 is 29.5. The average Bonchev–Trinajstić information content (AvgIpc) is 2.82. The summed E-state index contributed by atoms with van der Waals surface area (Å²) in [5.41, 5.74) is 5.32. The molecule has 0 bridgehead atoms. The van der Waals surface area contributed by atoms with E-state index in [9.17, 15) is 8.42 Å². The fraction of sp³-hybridized carbons (Fsp3) is 0.379. The Balaban J connectivity index is 1.54. The molecule has 1 saturated heterocycles. The predicted octanol–water partition coefficient (Wildman–Crippen LogP) is 6.29. The number of hydrogen-bond acceptors (Lipinski definition) is 3. The predicted molar refractivity (Wildman–Crippen MR) is 141 cm³/mol. The van der Waals surface area contributed by atoms with Gasteiger partial charge in [0, 0.05) is 25.7 Å². The lowest BCUT2D eigenvalue weighted by atomic mass is 10.0. The molecule has 1 heterocycles. The van der Waals surface area contributed by atoms with Crippen LogP contribution in [0.1, 0.15) is 54.9 Å². The van der Waals surface area contributed by atoms with Gasteiger partial charge < -0.3 is 0 Å². The number of likely N-dealkylation sites (tertiary alicyclic amines) is 1. The lowest BCUT2D eigenvalue weighted by Gasteiger charge is -2.39. The molecule has 0 saturated carbocycles. The molecule has 5 heteroatoms. The lowest BCUT2D eigenvalue weighted by Crippen LogP contribution is -2.47. The number of anilines is 1. The molecular weight excluding hydrogens is 440 g/mol. The molecule has 4 rings (SSSR count). The van der Waals surface area contributed by atoms with Gasteiger partial charge in [0.2, 0.25) is 0 Å². The van der Waals surface area contributed by atoms with Crippen LogP contribution in [0.4, 0.5) is 5.69 Å². The molecule has 1 aliphatic rings. The number of sulfonamides is 1. The minimum Gasteiger partial charge on any atom is -0.299 e. The van der Waals surface area contributed by atoms with E-state index in [2.05, 4.69) is 43.0 Å². The van der Waals surface area contributed by atoms with Crippen LogP contribution < -0.4 is 4.31 Å². The summed E-state index contributed by atoms with van der Waals surface area (Å²) in [6.07, 6.45) is 1.62. The molecule has 0 atom stereocenters. The number of rotatable bonds is 7. The molecule has 3 aromatic carbocycles. The first-order valence-corrected chi connectivity index (χ1v) is 13.7. The Hall–Kier alpha value is -2.63. The number of hydrogen-bond donors (Lipinski definition) is 0. The highest BCUT2D eigenvalue weighted by Gasteiger charge is 2.34. The molecule has 1 fully saturated rings. The van der Waals surface area contributed by atoms with Crippen LogP contribution in [0.15, 0.2) is 77.7 Å². The van der Waals surface area contributed by atoms with Crippen molar-refractivity contribution >= 4 is 15.7 Å². The molecule has 0 N–H and O–H groups in total. The fourth-order valence-electron chi connectivity index (χ4n) is 4.77. The molecule has 34 heavy (non-hydrogen) atoms. The fourth-order valence-corrected chi connectivity index (χ4v) is 6.71. The van der Waals surface area contributed by atoms with Crippen molar-refractivity contribution in [3.63, 3.8) is 0 Å². The van der Waals surface area contributed by atoms with E-state index in [1.165, 1.54) is 11.1 Å². The van der Waals surface area contributed by atoms with Gasteiger partial charge in [-0.3, -0.25) is 9.21 Å². The smallest absolute Gasteiger partial charge is 0.264 e. The molecule has 0 unspecified atom stereocenters. The van der Waals surface area contributed by atoms with Crippen molar-refractivity contribution in [2.45, 2.75) is 63.9 Å². The van der Waals surface area contributed by atoms with Crippen LogP contribution in [-0.2, 0) is 16.6 Å². The Labute approximate surface area is 205 Å². The lowest BCUT2D eigenvalue weighted by molar-refractivity contribution is 0.206. The second-order valence-corrected chi connectivity index (χ2v) is 11.6. The van der Waals surface area contributed by atoms with Crippen LogP contribution in [-0.4, -0.2) is 32.4 Å². The van der Waals surface area contributed by atoms with E-state index in [0.717, 1.165) is 49.3 Å². The van der Waals surface area contributed by atoms with Gasteiger partial charge >= 0.3 is 0 Å². The zero-order chi connectivity index (χ0) is 24.3. The second kappa shape index (κ2) is 10.3. The van der Waals surface area contributed by atoms with E-state index in [1.54, 1.807) is 16.4 Å². The number of nitrogens with zero attached hydrogens (tertiary/aromatic N) is 2. The van der Waals surface area contributed by atoms with Crippen molar-refractivity contribution in [2.24, 2.45) is 0 Å². The average molecular weight is 477 g/mol. The summed E-state index contributed by atoms with van der Waals surface area (Å²) in [6, 6.07) is 24.0. The molecule has 1 aliphatic heterocycles. The molecule has 180 valence electrons. The summed E-state index contributed by atoms with van der Waals surface area (Å²) >= 11 is 0. The van der Waals surface area contributed by atoms with Crippen molar-refractivity contribution in [1.82, 2.24) is 4.90 Å². The van der Waals surface area contributed by atoms with E-state index in [4.69, 9.17) is 0 Å². The van der Waals surface area contributed by atoms with Crippen molar-refractivity contribution < 1.29 is 8.42 Å². The zero-order valence-corrected chi connectivity index (χ0v) is 21.6. The van der Waals surface area contributed by atoms with Gasteiger partial charge in [0.05, 0.1) is 10.6 Å². The van der Waals surface area contributed by atoms with Gasteiger partial charge in [0.25, 0.3) is 10.0 Å². The zero-order valence-electron chi connectivity index (χ0n) is 20.7. The van der Waals surface area contributed by atoms with Crippen molar-refractivity contribution in [3.8, 4) is 0 Å². The standard InChI is InChI=1S/C29H36N2O2S/c1-22(2)26-13-11-25(12-14-26)21-30-19-17-28(18-20-30)31(27-15-9-23(3)10-16-27)34(32,33)29-8-6-5-7-24(29)4/h5-16,22,28H,17-21H2,1-4H3. The van der Waals surface area contributed by atoms with Crippen LogP contribution in [0.3, 0.4) is 0 Å². The monoisotopic (exact) mass is 476 g/mol. The topological polar surface area (TPSA) is 40.6 Å². The van der Waals surface area contributed by atoms with Crippen molar-refractivity contribution in [2.75, 3.05) is 17.4 Å². The van der Waals surface area contributed by atoms with Gasteiger partial charge in [-0.1, -0.05) is 74.0 Å². The summed E-state index contributed by atoms with van der Waals surface area (Å²) in [6.45, 7) is 11.0. The van der Waals surface area contributed by atoms with Crippen molar-refractivity contribution in [3.05, 3.63) is 95.1 Å². The molecular formula is C29H36N2O2S. The van der Waals surface area contributed by atoms with Crippen molar-refractivity contribution in [1.29, 1.82) is 0 Å². The maximum atomic E-state index is 13.9. The van der Waals surface area contributed by atoms with Crippen LogP contribution in [0.25, 0.3) is 0 Å². The van der Waals surface area contributed by atoms with Gasteiger partial charge in [-0.05, 0) is 67.5 Å². The quantitative estimate of drug-likeness (QED) is 0.402. The van der Waals surface area contributed by atoms with E-state index in [0.29, 0.717) is 10.8 Å². The number of piperidine rings is 1. The maximum Gasteiger partial charge on any atom is 0.264 e. The largest absolute Gasteiger partial charge is 0.299 e. The first-order valence-electron chi connectivity index (χ1n) is 12.2. The summed E-state index contributed by atoms with van der Waals surface area (Å²) in [5, 5.41) is 0. The molecule has 0 radical (unpaired) electrons. The van der Waals surface area contributed by atoms with Gasteiger partial charge in [-0.2, -0.15) is 0 Å². The van der Waals surface area contributed by atoms with Crippen LogP contribution in [0.5, 0.6) is 0 Å². The van der Waals surface area contributed by atoms with E-state index in [1.807, 2.05) is 50.2 Å². The highest BCUT2D eigenvalue weighted by atomic mass is 32.2. The minimum absolute atomic E-state index is 0.0631. The number of benzene rings is 3. The SMILES string of the molecule is Cc1ccc(N(C2CCN(Cc3ccc(C(C)C)cc3)CC2)S(=O)(=O)c2ccccc2C)cc1. The highest BCUT2D eigenvalue weighted by Crippen LogP contribution is 2.32. The first kappa shape index (κ1) is 24.5. The molecule has 4 nitrogen and oxygen atoms in total.